The molecule has 1 aromatic heterocycles. The maximum Gasteiger partial charge on any atom is 0.254 e. The Bertz CT molecular complexity index is 1130. The first-order chi connectivity index (χ1) is 15.5. The van der Waals surface area contributed by atoms with Crippen LogP contribution in [0.15, 0.2) is 23.0 Å². The molecule has 32 heavy (non-hydrogen) atoms. The Morgan fingerprint density at radius 1 is 1.19 bits per heavy atom. The van der Waals surface area contributed by atoms with Gasteiger partial charge in [0.15, 0.2) is 11.5 Å². The maximum atomic E-state index is 13.4. The molecule has 168 valence electrons. The Morgan fingerprint density at radius 2 is 2.03 bits per heavy atom. The number of ether oxygens (including phenoxy) is 2. The van der Waals surface area contributed by atoms with Crippen molar-refractivity contribution >= 4 is 11.8 Å². The number of nitrogens with zero attached hydrogens (tertiary/aromatic N) is 3. The van der Waals surface area contributed by atoms with Gasteiger partial charge in [0.2, 0.25) is 12.7 Å². The van der Waals surface area contributed by atoms with E-state index < -0.39 is 0 Å². The van der Waals surface area contributed by atoms with Gasteiger partial charge in [-0.05, 0) is 43.9 Å². The average molecular weight is 438 g/mol. The van der Waals surface area contributed by atoms with E-state index in [4.69, 9.17) is 14.5 Å². The van der Waals surface area contributed by atoms with E-state index in [1.54, 1.807) is 28.0 Å². The zero-order valence-corrected chi connectivity index (χ0v) is 18.1. The fourth-order valence-corrected chi connectivity index (χ4v) is 4.71. The van der Waals surface area contributed by atoms with Gasteiger partial charge < -0.3 is 24.3 Å². The number of carbonyl (C=O) groups excluding carboxylic acids is 2. The van der Waals surface area contributed by atoms with E-state index in [1.807, 2.05) is 6.92 Å². The number of nitrogens with one attached hydrogen (secondary N) is 1. The van der Waals surface area contributed by atoms with Crippen LogP contribution in [-0.4, -0.2) is 51.5 Å². The molecule has 9 heteroatoms. The smallest absolute Gasteiger partial charge is 0.254 e. The van der Waals surface area contributed by atoms with Crippen LogP contribution in [0.5, 0.6) is 11.5 Å². The van der Waals surface area contributed by atoms with Crippen LogP contribution in [0.3, 0.4) is 0 Å². The Labute approximate surface area is 185 Å². The Balaban J connectivity index is 1.45. The molecular weight excluding hydrogens is 412 g/mol. The van der Waals surface area contributed by atoms with Crippen molar-refractivity contribution in [3.05, 3.63) is 51.2 Å². The highest BCUT2D eigenvalue weighted by Crippen LogP contribution is 2.35. The number of piperidine rings is 1. The van der Waals surface area contributed by atoms with Gasteiger partial charge in [0, 0.05) is 30.6 Å². The van der Waals surface area contributed by atoms with Crippen LogP contribution in [0.1, 0.15) is 66.1 Å². The van der Waals surface area contributed by atoms with Gasteiger partial charge in [-0.2, -0.15) is 0 Å². The number of H-pyrrole nitrogens is 1. The maximum absolute atomic E-state index is 13.4. The number of hydrogen-bond acceptors (Lipinski definition) is 6. The van der Waals surface area contributed by atoms with E-state index in [9.17, 15) is 14.4 Å². The number of fused-ring (bicyclic) bond motifs is 2. The van der Waals surface area contributed by atoms with E-state index >= 15 is 0 Å². The third-order valence-electron chi connectivity index (χ3n) is 6.45. The SMILES string of the molecule is CCC(=O)N1CCc2c(nc([C@H]3CCCCN3C(=O)c3ccc4c(c3)OCO4)[nH]c2=O)C1. The topological polar surface area (TPSA) is 105 Å². The molecule has 5 rings (SSSR count). The van der Waals surface area contributed by atoms with E-state index in [0.29, 0.717) is 66.6 Å². The molecule has 0 aliphatic carbocycles. The summed E-state index contributed by atoms with van der Waals surface area (Å²) in [4.78, 5) is 49.6. The van der Waals surface area contributed by atoms with Crippen LogP contribution in [-0.2, 0) is 17.8 Å². The molecule has 2 amide bonds. The molecule has 9 nitrogen and oxygen atoms in total. The average Bonchev–Trinajstić information content (AvgIpc) is 3.30. The fraction of sp³-hybridized carbons (Fsp3) is 0.478. The van der Waals surface area contributed by atoms with E-state index in [0.717, 1.165) is 19.3 Å². The van der Waals surface area contributed by atoms with Crippen molar-refractivity contribution in [1.29, 1.82) is 0 Å². The minimum atomic E-state index is -0.322. The van der Waals surface area contributed by atoms with Crippen LogP contribution in [0.25, 0.3) is 0 Å². The number of aromatic amines is 1. The largest absolute Gasteiger partial charge is 0.454 e. The summed E-state index contributed by atoms with van der Waals surface area (Å²) in [6, 6.07) is 4.86. The van der Waals surface area contributed by atoms with Crippen molar-refractivity contribution in [1.82, 2.24) is 19.8 Å². The van der Waals surface area contributed by atoms with Crippen LogP contribution in [0.4, 0.5) is 0 Å². The van der Waals surface area contributed by atoms with Gasteiger partial charge in [0.25, 0.3) is 11.5 Å². The highest BCUT2D eigenvalue weighted by Gasteiger charge is 2.33. The second kappa shape index (κ2) is 8.29. The van der Waals surface area contributed by atoms with Gasteiger partial charge in [0.05, 0.1) is 18.3 Å². The first-order valence-electron chi connectivity index (χ1n) is 11.2. The third-order valence-corrected chi connectivity index (χ3v) is 6.45. The van der Waals surface area contributed by atoms with E-state index in [1.165, 1.54) is 0 Å². The van der Waals surface area contributed by atoms with E-state index in [2.05, 4.69) is 4.98 Å². The number of hydrogen-bond donors (Lipinski definition) is 1. The molecule has 4 heterocycles. The second-order valence-electron chi connectivity index (χ2n) is 8.37. The highest BCUT2D eigenvalue weighted by molar-refractivity contribution is 5.95. The van der Waals surface area contributed by atoms with Gasteiger partial charge >= 0.3 is 0 Å². The van der Waals surface area contributed by atoms with Crippen molar-refractivity contribution in [3.8, 4) is 11.5 Å². The molecule has 0 bridgehead atoms. The summed E-state index contributed by atoms with van der Waals surface area (Å²) < 4.78 is 10.8. The molecular formula is C23H26N4O5. The summed E-state index contributed by atoms with van der Waals surface area (Å²) in [5.74, 6) is 1.61. The molecule has 1 fully saturated rings. The molecule has 1 aromatic carbocycles. The van der Waals surface area contributed by atoms with Gasteiger partial charge in [-0.3, -0.25) is 14.4 Å². The Kier molecular flexibility index (Phi) is 5.32. The summed E-state index contributed by atoms with van der Waals surface area (Å²) in [6.45, 7) is 3.43. The lowest BCUT2D eigenvalue weighted by Gasteiger charge is -2.36. The number of likely N-dealkylation sites (tertiary alicyclic amines) is 1. The predicted octanol–water partition coefficient (Wildman–Crippen LogP) is 2.16. The second-order valence-corrected chi connectivity index (χ2v) is 8.37. The van der Waals surface area contributed by atoms with Crippen molar-refractivity contribution in [3.63, 3.8) is 0 Å². The van der Waals surface area contributed by atoms with Crippen LogP contribution >= 0.6 is 0 Å². The van der Waals surface area contributed by atoms with E-state index in [-0.39, 0.29) is 30.2 Å². The molecule has 0 unspecified atom stereocenters. The lowest BCUT2D eigenvalue weighted by Crippen LogP contribution is -2.42. The van der Waals surface area contributed by atoms with Crippen LogP contribution < -0.4 is 15.0 Å². The number of amides is 2. The summed E-state index contributed by atoms with van der Waals surface area (Å²) in [5.41, 5.74) is 1.62. The first-order valence-corrected chi connectivity index (χ1v) is 11.2. The standard InChI is InChI=1S/C23H26N4O5/c1-2-20(28)26-10-8-15-16(12-26)24-21(25-22(15)29)17-5-3-4-9-27(17)23(30)14-6-7-18-19(11-14)32-13-31-18/h6-7,11,17H,2-5,8-10,12-13H2,1H3,(H,24,25,29)/t17-/m1/s1. The third kappa shape index (κ3) is 3.61. The first kappa shape index (κ1) is 20.5. The molecule has 0 saturated carbocycles. The van der Waals surface area contributed by atoms with Crippen LogP contribution in [0, 0.1) is 0 Å². The summed E-state index contributed by atoms with van der Waals surface area (Å²) in [6.07, 6.45) is 3.47. The lowest BCUT2D eigenvalue weighted by molar-refractivity contribution is -0.131. The monoisotopic (exact) mass is 438 g/mol. The lowest BCUT2D eigenvalue weighted by atomic mass is 9.99. The Morgan fingerprint density at radius 3 is 2.88 bits per heavy atom. The highest BCUT2D eigenvalue weighted by atomic mass is 16.7. The summed E-state index contributed by atoms with van der Waals surface area (Å²) in [5, 5.41) is 0. The van der Waals surface area contributed by atoms with Crippen molar-refractivity contribution in [2.75, 3.05) is 19.9 Å². The number of aromatic nitrogens is 2. The van der Waals surface area contributed by atoms with Crippen LogP contribution in [0.2, 0.25) is 0 Å². The normalized spacial score (nSPS) is 19.6. The fourth-order valence-electron chi connectivity index (χ4n) is 4.71. The van der Waals surface area contributed by atoms with Gasteiger partial charge in [-0.15, -0.1) is 0 Å². The van der Waals surface area contributed by atoms with Crippen molar-refractivity contribution < 1.29 is 19.1 Å². The summed E-state index contributed by atoms with van der Waals surface area (Å²) >= 11 is 0. The van der Waals surface area contributed by atoms with Gasteiger partial charge in [-0.25, -0.2) is 4.98 Å². The molecule has 1 N–H and O–H groups in total. The minimum Gasteiger partial charge on any atom is -0.454 e. The Hall–Kier alpha value is -3.36. The summed E-state index contributed by atoms with van der Waals surface area (Å²) in [7, 11) is 0. The van der Waals surface area contributed by atoms with Crippen molar-refractivity contribution in [2.45, 2.75) is 51.6 Å². The molecule has 0 radical (unpaired) electrons. The van der Waals surface area contributed by atoms with Gasteiger partial charge in [-0.1, -0.05) is 6.92 Å². The number of rotatable bonds is 3. The zero-order chi connectivity index (χ0) is 22.2. The molecule has 3 aliphatic heterocycles. The molecule has 3 aliphatic rings. The molecule has 2 aromatic rings. The number of carbonyl (C=O) groups is 2. The minimum absolute atomic E-state index is 0.0524. The predicted molar refractivity (Wildman–Crippen MR) is 114 cm³/mol. The molecule has 1 saturated heterocycles. The van der Waals surface area contributed by atoms with Gasteiger partial charge in [0.1, 0.15) is 5.82 Å². The quantitative estimate of drug-likeness (QED) is 0.788. The molecule has 1 atom stereocenters. The zero-order valence-electron chi connectivity index (χ0n) is 18.1. The van der Waals surface area contributed by atoms with Crippen molar-refractivity contribution in [2.24, 2.45) is 0 Å². The number of benzene rings is 1. The molecule has 0 spiro atoms.